The van der Waals surface area contributed by atoms with E-state index in [0.717, 1.165) is 11.1 Å². The monoisotopic (exact) mass is 525 g/mol. The number of hydrogen-bond donors (Lipinski definition) is 1. The van der Waals surface area contributed by atoms with Crippen molar-refractivity contribution in [2.45, 2.75) is 32.2 Å². The third-order valence-corrected chi connectivity index (χ3v) is 8.29. The molecule has 0 saturated carbocycles. The number of ether oxygens (including phenoxy) is 1. The smallest absolute Gasteiger partial charge is 0.270 e. The number of halogens is 2. The van der Waals surface area contributed by atoms with Gasteiger partial charge >= 0.3 is 0 Å². The van der Waals surface area contributed by atoms with Crippen LogP contribution in [0.5, 0.6) is 5.75 Å². The largest absolute Gasteiger partial charge is 0.461 e. The van der Waals surface area contributed by atoms with Crippen molar-refractivity contribution in [1.29, 1.82) is 0 Å². The van der Waals surface area contributed by atoms with E-state index in [0.29, 0.717) is 28.8 Å². The molecule has 1 amide bonds. The maximum absolute atomic E-state index is 13.6. The second-order valence-electron chi connectivity index (χ2n) is 9.52. The van der Waals surface area contributed by atoms with Gasteiger partial charge in [0.25, 0.3) is 5.91 Å². The molecule has 1 unspecified atom stereocenters. The minimum absolute atomic E-state index is 0.0248. The highest BCUT2D eigenvalue weighted by Gasteiger charge is 2.39. The van der Waals surface area contributed by atoms with Gasteiger partial charge in [0.05, 0.1) is 22.6 Å². The fraction of sp³-hybridized carbons (Fsp3) is 0.259. The Morgan fingerprint density at radius 1 is 1.19 bits per heavy atom. The van der Waals surface area contributed by atoms with Gasteiger partial charge in [-0.2, -0.15) is 0 Å². The van der Waals surface area contributed by atoms with E-state index in [1.165, 1.54) is 19.1 Å². The first kappa shape index (κ1) is 24.9. The molecule has 7 nitrogen and oxygen atoms in total. The number of nitrogens with zero attached hydrogens (tertiary/aromatic N) is 2. The predicted octanol–water partition coefficient (Wildman–Crippen LogP) is 4.83. The highest BCUT2D eigenvalue weighted by Crippen LogP contribution is 2.34. The van der Waals surface area contributed by atoms with Crippen LogP contribution in [0.15, 0.2) is 67.0 Å². The Balaban J connectivity index is 1.59. The van der Waals surface area contributed by atoms with Crippen LogP contribution in [0.3, 0.4) is 0 Å². The number of pyridine rings is 1. The Kier molecular flexibility index (Phi) is 6.23. The number of carbonyl (C=O) groups is 1. The average Bonchev–Trinajstić information content (AvgIpc) is 3.35. The number of sulfone groups is 1. The first-order valence-corrected chi connectivity index (χ1v) is 13.6. The third-order valence-electron chi connectivity index (χ3n) is 6.39. The van der Waals surface area contributed by atoms with Crippen molar-refractivity contribution < 1.29 is 26.7 Å². The first-order valence-electron chi connectivity index (χ1n) is 11.7. The molecule has 0 spiro atoms. The van der Waals surface area contributed by atoms with Crippen molar-refractivity contribution in [3.63, 3.8) is 0 Å². The van der Waals surface area contributed by atoms with Gasteiger partial charge < -0.3 is 14.6 Å². The summed E-state index contributed by atoms with van der Waals surface area (Å²) in [6, 6.07) is 14.5. The standard InChI is InChI=1S/C27H25F2N3O4S/c1-17(28)36-21-5-3-4-18(12-21)23-15-32(20-8-6-19(29)7-9-20)25-13-24(30-14-22(23)25)26(33)31-27(2)10-11-37(34,35)16-27/h3-9,12-15,17H,10-11,16H2,1-2H3,(H,31,33)/t17?,27-/m0/s1. The summed E-state index contributed by atoms with van der Waals surface area (Å²) in [5.41, 5.74) is 2.04. The molecule has 1 fully saturated rings. The second kappa shape index (κ2) is 9.26. The van der Waals surface area contributed by atoms with Crippen molar-refractivity contribution in [3.8, 4) is 22.6 Å². The van der Waals surface area contributed by atoms with Crippen LogP contribution in [0.4, 0.5) is 8.78 Å². The molecule has 2 atom stereocenters. The second-order valence-corrected chi connectivity index (χ2v) is 11.7. The lowest BCUT2D eigenvalue weighted by atomic mass is 10.0. The molecule has 0 bridgehead atoms. The lowest BCUT2D eigenvalue weighted by Crippen LogP contribution is -2.47. The van der Waals surface area contributed by atoms with E-state index in [1.807, 2.05) is 16.8 Å². The van der Waals surface area contributed by atoms with Gasteiger partial charge in [0.1, 0.15) is 17.3 Å². The topological polar surface area (TPSA) is 90.3 Å². The van der Waals surface area contributed by atoms with Crippen LogP contribution in [0, 0.1) is 5.82 Å². The van der Waals surface area contributed by atoms with E-state index in [4.69, 9.17) is 4.74 Å². The van der Waals surface area contributed by atoms with Crippen molar-refractivity contribution >= 4 is 26.6 Å². The van der Waals surface area contributed by atoms with Gasteiger partial charge in [-0.1, -0.05) is 12.1 Å². The molecular weight excluding hydrogens is 500 g/mol. The molecule has 2 aromatic heterocycles. The molecule has 1 saturated heterocycles. The highest BCUT2D eigenvalue weighted by atomic mass is 32.2. The Bertz CT molecular complexity index is 1600. The summed E-state index contributed by atoms with van der Waals surface area (Å²) in [7, 11) is -3.20. The maximum Gasteiger partial charge on any atom is 0.270 e. The molecule has 4 aromatic rings. The zero-order chi connectivity index (χ0) is 26.4. The van der Waals surface area contributed by atoms with Crippen LogP contribution in [-0.4, -0.2) is 47.3 Å². The van der Waals surface area contributed by atoms with E-state index < -0.39 is 27.6 Å². The van der Waals surface area contributed by atoms with E-state index >= 15 is 0 Å². The Morgan fingerprint density at radius 3 is 2.62 bits per heavy atom. The van der Waals surface area contributed by atoms with E-state index in [9.17, 15) is 22.0 Å². The summed E-state index contributed by atoms with van der Waals surface area (Å²) in [5.74, 6) is -0.606. The van der Waals surface area contributed by atoms with Gasteiger partial charge in [-0.05, 0) is 61.4 Å². The average molecular weight is 526 g/mol. The van der Waals surface area contributed by atoms with Gasteiger partial charge in [0.2, 0.25) is 6.36 Å². The van der Waals surface area contributed by atoms with Crippen molar-refractivity contribution in [1.82, 2.24) is 14.9 Å². The minimum Gasteiger partial charge on any atom is -0.461 e. The number of aromatic nitrogens is 2. The number of amides is 1. The van der Waals surface area contributed by atoms with Gasteiger partial charge in [-0.25, -0.2) is 17.2 Å². The molecule has 0 aliphatic carbocycles. The summed E-state index contributed by atoms with van der Waals surface area (Å²) in [4.78, 5) is 17.5. The molecule has 5 rings (SSSR count). The van der Waals surface area contributed by atoms with Crippen LogP contribution in [0.1, 0.15) is 30.8 Å². The highest BCUT2D eigenvalue weighted by molar-refractivity contribution is 7.91. The quantitative estimate of drug-likeness (QED) is 0.389. The lowest BCUT2D eigenvalue weighted by Gasteiger charge is -2.23. The molecule has 3 heterocycles. The molecule has 1 N–H and O–H groups in total. The number of nitrogens with one attached hydrogen (secondary N) is 1. The molecule has 10 heteroatoms. The summed E-state index contributed by atoms with van der Waals surface area (Å²) in [5, 5.41) is 3.54. The SMILES string of the molecule is CC(F)Oc1cccc(-c2cn(-c3ccc(F)cc3)c3cc(C(=O)N[C@@]4(C)CCS(=O)(=O)C4)ncc23)c1. The Hall–Kier alpha value is -3.79. The zero-order valence-corrected chi connectivity index (χ0v) is 21.1. The fourth-order valence-electron chi connectivity index (χ4n) is 4.66. The van der Waals surface area contributed by atoms with E-state index in [1.54, 1.807) is 49.5 Å². The van der Waals surface area contributed by atoms with Crippen molar-refractivity contribution in [2.24, 2.45) is 0 Å². The number of carbonyl (C=O) groups excluding carboxylic acids is 1. The van der Waals surface area contributed by atoms with Gasteiger partial charge in [0.15, 0.2) is 9.84 Å². The summed E-state index contributed by atoms with van der Waals surface area (Å²) >= 11 is 0. The molecule has 1 aliphatic heterocycles. The molecule has 0 radical (unpaired) electrons. The summed E-state index contributed by atoms with van der Waals surface area (Å²) in [6.07, 6.45) is 2.26. The van der Waals surface area contributed by atoms with Crippen LogP contribution >= 0.6 is 0 Å². The van der Waals surface area contributed by atoms with Gasteiger partial charge in [-0.3, -0.25) is 9.78 Å². The third kappa shape index (κ3) is 5.20. The molecular formula is C27H25F2N3O4S. The molecule has 192 valence electrons. The summed E-state index contributed by atoms with van der Waals surface area (Å²) in [6.45, 7) is 3.01. The zero-order valence-electron chi connectivity index (χ0n) is 20.2. The maximum atomic E-state index is 13.6. The predicted molar refractivity (Wildman–Crippen MR) is 137 cm³/mol. The van der Waals surface area contributed by atoms with E-state index in [-0.39, 0.29) is 23.0 Å². The van der Waals surface area contributed by atoms with E-state index in [2.05, 4.69) is 10.3 Å². The number of rotatable bonds is 6. The van der Waals surface area contributed by atoms with Crippen molar-refractivity contribution in [3.05, 3.63) is 78.5 Å². The Morgan fingerprint density at radius 2 is 1.95 bits per heavy atom. The van der Waals surface area contributed by atoms with Gasteiger partial charge in [-0.15, -0.1) is 0 Å². The van der Waals surface area contributed by atoms with Crippen LogP contribution in [0.25, 0.3) is 27.7 Å². The van der Waals surface area contributed by atoms with Crippen molar-refractivity contribution in [2.75, 3.05) is 11.5 Å². The Labute approximate surface area is 213 Å². The van der Waals surface area contributed by atoms with Crippen LogP contribution < -0.4 is 10.1 Å². The lowest BCUT2D eigenvalue weighted by molar-refractivity contribution is 0.0860. The number of fused-ring (bicyclic) bond motifs is 1. The van der Waals surface area contributed by atoms with Gasteiger partial charge in [0, 0.05) is 36.0 Å². The fourth-order valence-corrected chi connectivity index (χ4v) is 6.75. The minimum atomic E-state index is -3.20. The number of hydrogen-bond acceptors (Lipinski definition) is 5. The molecule has 1 aliphatic rings. The number of alkyl halides is 1. The van der Waals surface area contributed by atoms with Crippen LogP contribution in [0.2, 0.25) is 0 Å². The summed E-state index contributed by atoms with van der Waals surface area (Å²) < 4.78 is 58.0. The normalized spacial score (nSPS) is 19.6. The molecule has 37 heavy (non-hydrogen) atoms. The first-order chi connectivity index (χ1) is 17.5. The number of benzene rings is 2. The molecule has 2 aromatic carbocycles. The van der Waals surface area contributed by atoms with Crippen LogP contribution in [-0.2, 0) is 9.84 Å².